The Balaban J connectivity index is 2.74. The highest BCUT2D eigenvalue weighted by atomic mass is 32.2. The predicted octanol–water partition coefficient (Wildman–Crippen LogP) is 0.462. The second kappa shape index (κ2) is 5.89. The second-order valence-corrected chi connectivity index (χ2v) is 4.49. The number of thioether (sulfide) groups is 1. The zero-order valence-electron chi connectivity index (χ0n) is 9.82. The van der Waals surface area contributed by atoms with Crippen molar-refractivity contribution in [2.24, 2.45) is 4.99 Å². The van der Waals surface area contributed by atoms with Crippen molar-refractivity contribution in [1.29, 1.82) is 0 Å². The van der Waals surface area contributed by atoms with Crippen molar-refractivity contribution < 1.29 is 9.59 Å². The Morgan fingerprint density at radius 3 is 2.75 bits per heavy atom. The van der Waals surface area contributed by atoms with E-state index >= 15 is 0 Å². The minimum Gasteiger partial charge on any atom is -0.359 e. The van der Waals surface area contributed by atoms with Crippen LogP contribution in [0.15, 0.2) is 4.99 Å². The van der Waals surface area contributed by atoms with Gasteiger partial charge in [-0.2, -0.15) is 0 Å². The van der Waals surface area contributed by atoms with Gasteiger partial charge in [-0.25, -0.2) is 0 Å². The molecule has 0 aromatic heterocycles. The summed E-state index contributed by atoms with van der Waals surface area (Å²) >= 11 is 1.39. The van der Waals surface area contributed by atoms with E-state index in [0.717, 1.165) is 5.17 Å². The molecule has 2 amide bonds. The lowest BCUT2D eigenvalue weighted by molar-refractivity contribution is -0.129. The molecule has 5 nitrogen and oxygen atoms in total. The van der Waals surface area contributed by atoms with Crippen molar-refractivity contribution in [2.75, 3.05) is 20.1 Å². The molecule has 0 unspecified atom stereocenters. The van der Waals surface area contributed by atoms with E-state index in [1.165, 1.54) is 11.8 Å². The Labute approximate surface area is 99.7 Å². The van der Waals surface area contributed by atoms with Crippen LogP contribution in [0.4, 0.5) is 0 Å². The first-order valence-corrected chi connectivity index (χ1v) is 6.25. The van der Waals surface area contributed by atoms with Gasteiger partial charge in [0.05, 0.1) is 0 Å². The second-order valence-electron chi connectivity index (χ2n) is 3.32. The number of rotatable bonds is 4. The average Bonchev–Trinajstić information content (AvgIpc) is 2.56. The van der Waals surface area contributed by atoms with E-state index in [0.29, 0.717) is 13.1 Å². The van der Waals surface area contributed by atoms with Crippen LogP contribution in [0.25, 0.3) is 0 Å². The summed E-state index contributed by atoms with van der Waals surface area (Å²) in [6.45, 7) is 5.09. The summed E-state index contributed by atoms with van der Waals surface area (Å²) in [6.07, 6.45) is 0.221. The Kier molecular flexibility index (Phi) is 4.79. The van der Waals surface area contributed by atoms with Crippen molar-refractivity contribution in [3.63, 3.8) is 0 Å². The van der Waals surface area contributed by atoms with Crippen LogP contribution >= 0.6 is 11.8 Å². The lowest BCUT2D eigenvalue weighted by atomic mass is 10.2. The third-order valence-corrected chi connectivity index (χ3v) is 3.49. The third-order valence-electron chi connectivity index (χ3n) is 2.28. The van der Waals surface area contributed by atoms with Gasteiger partial charge in [0, 0.05) is 26.6 Å². The number of aliphatic imine (C=N–C) groups is 1. The molecule has 16 heavy (non-hydrogen) atoms. The first-order chi connectivity index (χ1) is 7.63. The molecule has 0 aliphatic carbocycles. The number of carbonyl (C=O) groups is 2. The van der Waals surface area contributed by atoms with Crippen molar-refractivity contribution in [1.82, 2.24) is 10.2 Å². The molecule has 1 aliphatic rings. The number of carbonyl (C=O) groups excluding carboxylic acids is 2. The maximum absolute atomic E-state index is 11.9. The van der Waals surface area contributed by atoms with Gasteiger partial charge in [-0.15, -0.1) is 0 Å². The van der Waals surface area contributed by atoms with Crippen LogP contribution < -0.4 is 5.32 Å². The molecule has 1 fully saturated rings. The third kappa shape index (κ3) is 2.75. The van der Waals surface area contributed by atoms with Crippen LogP contribution in [-0.4, -0.2) is 47.3 Å². The Morgan fingerprint density at radius 1 is 1.56 bits per heavy atom. The van der Waals surface area contributed by atoms with Gasteiger partial charge in [0.15, 0.2) is 5.17 Å². The van der Waals surface area contributed by atoms with Crippen LogP contribution in [0, 0.1) is 0 Å². The molecule has 6 heteroatoms. The van der Waals surface area contributed by atoms with Gasteiger partial charge < -0.3 is 5.32 Å². The molecule has 0 bridgehead atoms. The maximum atomic E-state index is 11.9. The zero-order chi connectivity index (χ0) is 12.1. The van der Waals surface area contributed by atoms with E-state index in [1.807, 2.05) is 13.8 Å². The summed E-state index contributed by atoms with van der Waals surface area (Å²) in [5.41, 5.74) is 0. The average molecular weight is 243 g/mol. The van der Waals surface area contributed by atoms with Crippen molar-refractivity contribution in [3.8, 4) is 0 Å². The molecule has 0 aromatic carbocycles. The molecule has 0 saturated carbocycles. The molecule has 1 N–H and O–H groups in total. The molecule has 0 aromatic rings. The first-order valence-electron chi connectivity index (χ1n) is 5.37. The standard InChI is InChI=1S/C10H17N3O2S/c1-4-12-10-13(5-2)9(15)7(16-10)6-8(14)11-3/h7H,4-6H2,1-3H3,(H,11,14)/t7-/m1/s1. The van der Waals surface area contributed by atoms with Crippen molar-refractivity contribution >= 4 is 28.7 Å². The monoisotopic (exact) mass is 243 g/mol. The molecule has 1 aliphatic heterocycles. The highest BCUT2D eigenvalue weighted by molar-refractivity contribution is 8.15. The first kappa shape index (κ1) is 13.0. The molecule has 0 radical (unpaired) electrons. The van der Waals surface area contributed by atoms with Gasteiger partial charge in [0.2, 0.25) is 11.8 Å². The molecule has 1 rings (SSSR count). The van der Waals surface area contributed by atoms with E-state index in [1.54, 1.807) is 11.9 Å². The van der Waals surface area contributed by atoms with Gasteiger partial charge >= 0.3 is 0 Å². The minimum absolute atomic E-state index is 0.0108. The predicted molar refractivity (Wildman–Crippen MR) is 65.4 cm³/mol. The smallest absolute Gasteiger partial charge is 0.242 e. The van der Waals surface area contributed by atoms with Gasteiger partial charge in [-0.05, 0) is 13.8 Å². The number of amidine groups is 1. The normalized spacial score (nSPS) is 22.9. The molecule has 0 spiro atoms. The largest absolute Gasteiger partial charge is 0.359 e. The van der Waals surface area contributed by atoms with E-state index in [2.05, 4.69) is 10.3 Å². The van der Waals surface area contributed by atoms with Crippen LogP contribution in [0.1, 0.15) is 20.3 Å². The van der Waals surface area contributed by atoms with Gasteiger partial charge in [-0.1, -0.05) is 11.8 Å². The van der Waals surface area contributed by atoms with Crippen LogP contribution in [0.2, 0.25) is 0 Å². The molecule has 90 valence electrons. The molecular weight excluding hydrogens is 226 g/mol. The fourth-order valence-corrected chi connectivity index (χ4v) is 2.72. The Morgan fingerprint density at radius 2 is 2.25 bits per heavy atom. The number of nitrogens with zero attached hydrogens (tertiary/aromatic N) is 2. The lowest BCUT2D eigenvalue weighted by Gasteiger charge is -2.12. The lowest BCUT2D eigenvalue weighted by Crippen LogP contribution is -2.34. The molecular formula is C10H17N3O2S. The molecule has 1 heterocycles. The fraction of sp³-hybridized carbons (Fsp3) is 0.700. The number of nitrogens with one attached hydrogen (secondary N) is 1. The highest BCUT2D eigenvalue weighted by Crippen LogP contribution is 2.29. The van der Waals surface area contributed by atoms with Gasteiger partial charge in [0.1, 0.15) is 5.25 Å². The summed E-state index contributed by atoms with van der Waals surface area (Å²) in [5.74, 6) is -0.122. The van der Waals surface area contributed by atoms with Gasteiger partial charge in [0.25, 0.3) is 0 Å². The number of amides is 2. The summed E-state index contributed by atoms with van der Waals surface area (Å²) in [5, 5.41) is 2.95. The zero-order valence-corrected chi connectivity index (χ0v) is 10.6. The van der Waals surface area contributed by atoms with Crippen LogP contribution in [0.3, 0.4) is 0 Å². The van der Waals surface area contributed by atoms with Crippen LogP contribution in [0.5, 0.6) is 0 Å². The SMILES string of the molecule is CCN=C1S[C@H](CC(=O)NC)C(=O)N1CC. The Hall–Kier alpha value is -1.04. The number of hydrogen-bond donors (Lipinski definition) is 1. The van der Waals surface area contributed by atoms with E-state index < -0.39 is 0 Å². The fourth-order valence-electron chi connectivity index (χ4n) is 1.46. The Bertz CT molecular complexity index is 317. The van der Waals surface area contributed by atoms with Crippen molar-refractivity contribution in [3.05, 3.63) is 0 Å². The van der Waals surface area contributed by atoms with Gasteiger partial charge in [-0.3, -0.25) is 19.5 Å². The summed E-state index contributed by atoms with van der Waals surface area (Å²) in [4.78, 5) is 29.1. The van der Waals surface area contributed by atoms with E-state index in [4.69, 9.17) is 0 Å². The van der Waals surface area contributed by atoms with Crippen molar-refractivity contribution in [2.45, 2.75) is 25.5 Å². The minimum atomic E-state index is -0.315. The molecule has 1 atom stereocenters. The van der Waals surface area contributed by atoms with Crippen LogP contribution in [-0.2, 0) is 9.59 Å². The topological polar surface area (TPSA) is 61.8 Å². The molecule has 1 saturated heterocycles. The summed E-state index contributed by atoms with van der Waals surface area (Å²) in [7, 11) is 1.57. The summed E-state index contributed by atoms with van der Waals surface area (Å²) < 4.78 is 0. The maximum Gasteiger partial charge on any atom is 0.242 e. The highest BCUT2D eigenvalue weighted by Gasteiger charge is 2.37. The van der Waals surface area contributed by atoms with E-state index in [9.17, 15) is 9.59 Å². The quantitative estimate of drug-likeness (QED) is 0.780. The summed E-state index contributed by atoms with van der Waals surface area (Å²) in [6, 6.07) is 0. The van der Waals surface area contributed by atoms with E-state index in [-0.39, 0.29) is 23.5 Å². The number of hydrogen-bond acceptors (Lipinski definition) is 4.